The molecule has 1 aliphatic heterocycles. The van der Waals surface area contributed by atoms with E-state index in [0.29, 0.717) is 19.6 Å². The van der Waals surface area contributed by atoms with Crippen molar-refractivity contribution in [2.24, 2.45) is 11.8 Å². The minimum Gasteiger partial charge on any atom is -0.445 e. The largest absolute Gasteiger partial charge is 0.445 e. The monoisotopic (exact) mass is 422 g/mol. The number of benzene rings is 2. The van der Waals surface area contributed by atoms with Gasteiger partial charge in [-0.25, -0.2) is 9.59 Å². The fourth-order valence-corrected chi connectivity index (χ4v) is 4.74. The molecule has 4 rings (SSSR count). The van der Waals surface area contributed by atoms with E-state index < -0.39 is 11.7 Å². The van der Waals surface area contributed by atoms with Gasteiger partial charge in [-0.2, -0.15) is 0 Å². The second-order valence-corrected chi connectivity index (χ2v) is 9.42. The van der Waals surface area contributed by atoms with E-state index in [1.54, 1.807) is 4.90 Å². The van der Waals surface area contributed by atoms with Gasteiger partial charge in [-0.3, -0.25) is 0 Å². The van der Waals surface area contributed by atoms with E-state index in [-0.39, 0.29) is 30.0 Å². The van der Waals surface area contributed by atoms with Crippen molar-refractivity contribution in [3.05, 3.63) is 71.8 Å². The molecule has 2 aliphatic rings. The average Bonchev–Trinajstić information content (AvgIpc) is 3.11. The highest BCUT2D eigenvalue weighted by atomic mass is 16.6. The summed E-state index contributed by atoms with van der Waals surface area (Å²) in [6.07, 6.45) is -0.690. The van der Waals surface area contributed by atoms with Crippen LogP contribution in [0.5, 0.6) is 0 Å². The number of nitrogens with zero attached hydrogens (tertiary/aromatic N) is 1. The van der Waals surface area contributed by atoms with Crippen LogP contribution in [0.25, 0.3) is 0 Å². The van der Waals surface area contributed by atoms with Crippen molar-refractivity contribution in [2.75, 3.05) is 19.6 Å². The first-order chi connectivity index (χ1) is 14.8. The highest BCUT2D eigenvalue weighted by molar-refractivity contribution is 5.70. The van der Waals surface area contributed by atoms with Crippen molar-refractivity contribution >= 4 is 12.2 Å². The lowest BCUT2D eigenvalue weighted by atomic mass is 9.90. The van der Waals surface area contributed by atoms with E-state index in [2.05, 4.69) is 17.4 Å². The first-order valence-corrected chi connectivity index (χ1v) is 10.8. The quantitative estimate of drug-likeness (QED) is 0.778. The summed E-state index contributed by atoms with van der Waals surface area (Å²) in [5, 5.41) is 2.97. The van der Waals surface area contributed by atoms with Crippen LogP contribution in [0, 0.1) is 11.8 Å². The van der Waals surface area contributed by atoms with E-state index in [0.717, 1.165) is 5.56 Å². The Balaban J connectivity index is 1.39. The molecule has 0 bridgehead atoms. The van der Waals surface area contributed by atoms with Gasteiger partial charge in [-0.1, -0.05) is 60.7 Å². The van der Waals surface area contributed by atoms with Crippen LogP contribution >= 0.6 is 0 Å². The van der Waals surface area contributed by atoms with Crippen molar-refractivity contribution in [3.8, 4) is 0 Å². The van der Waals surface area contributed by atoms with Crippen LogP contribution in [0.2, 0.25) is 0 Å². The molecule has 1 heterocycles. The van der Waals surface area contributed by atoms with Crippen molar-refractivity contribution in [1.82, 2.24) is 10.2 Å². The van der Waals surface area contributed by atoms with Gasteiger partial charge in [0.1, 0.15) is 12.2 Å². The maximum atomic E-state index is 12.5. The number of nitrogens with one attached hydrogen (secondary N) is 1. The highest BCUT2D eigenvalue weighted by Crippen LogP contribution is 2.63. The van der Waals surface area contributed by atoms with Crippen LogP contribution in [0.4, 0.5) is 9.59 Å². The van der Waals surface area contributed by atoms with Gasteiger partial charge in [0, 0.05) is 25.0 Å². The summed E-state index contributed by atoms with van der Waals surface area (Å²) in [4.78, 5) is 26.6. The zero-order chi connectivity index (χ0) is 22.1. The maximum Gasteiger partial charge on any atom is 0.410 e. The van der Waals surface area contributed by atoms with E-state index >= 15 is 0 Å². The molecule has 2 fully saturated rings. The second kappa shape index (κ2) is 8.25. The third kappa shape index (κ3) is 4.53. The van der Waals surface area contributed by atoms with Gasteiger partial charge in [-0.15, -0.1) is 0 Å². The highest BCUT2D eigenvalue weighted by Gasteiger charge is 2.69. The van der Waals surface area contributed by atoms with Crippen molar-refractivity contribution in [1.29, 1.82) is 0 Å². The molecule has 2 amide bonds. The lowest BCUT2D eigenvalue weighted by Gasteiger charge is -2.29. The number of hydrogen-bond acceptors (Lipinski definition) is 4. The van der Waals surface area contributed by atoms with Gasteiger partial charge >= 0.3 is 12.2 Å². The normalized spacial score (nSPS) is 24.3. The van der Waals surface area contributed by atoms with E-state index in [9.17, 15) is 9.59 Å². The molecule has 1 N–H and O–H groups in total. The molecule has 1 aliphatic carbocycles. The molecule has 164 valence electrons. The number of carbonyl (C=O) groups excluding carboxylic acids is 2. The Morgan fingerprint density at radius 3 is 2.16 bits per heavy atom. The minimum absolute atomic E-state index is 0.175. The number of carbonyl (C=O) groups is 2. The maximum absolute atomic E-state index is 12.5. The van der Waals surface area contributed by atoms with Crippen LogP contribution in [-0.2, 0) is 21.5 Å². The standard InChI is InChI=1S/C25H30N2O4/c1-24(2,3)31-23(29)27-14-20-21(15-27)25(20,19-12-8-5-9-13-19)17-26-22(28)30-16-18-10-6-4-7-11-18/h4-13,20-21H,14-17H2,1-3H3,(H,26,28)/t20-,21+,25-. The molecule has 2 aromatic rings. The van der Waals surface area contributed by atoms with Crippen LogP contribution in [0.15, 0.2) is 60.7 Å². The number of piperidine rings is 1. The van der Waals surface area contributed by atoms with Crippen LogP contribution in [0.1, 0.15) is 31.9 Å². The predicted molar refractivity (Wildman–Crippen MR) is 118 cm³/mol. The first-order valence-electron chi connectivity index (χ1n) is 10.8. The Morgan fingerprint density at radius 2 is 1.58 bits per heavy atom. The molecular weight excluding hydrogens is 392 g/mol. The molecule has 0 radical (unpaired) electrons. The average molecular weight is 423 g/mol. The van der Waals surface area contributed by atoms with E-state index in [4.69, 9.17) is 9.47 Å². The molecule has 0 aromatic heterocycles. The number of rotatable bonds is 5. The van der Waals surface area contributed by atoms with Gasteiger partial charge in [0.25, 0.3) is 0 Å². The summed E-state index contributed by atoms with van der Waals surface area (Å²) in [6, 6.07) is 19.9. The molecule has 1 saturated carbocycles. The van der Waals surface area contributed by atoms with Gasteiger partial charge < -0.3 is 19.7 Å². The number of fused-ring (bicyclic) bond motifs is 1. The lowest BCUT2D eigenvalue weighted by Crippen LogP contribution is -2.42. The van der Waals surface area contributed by atoms with Gasteiger partial charge in [0.05, 0.1) is 0 Å². The number of likely N-dealkylation sites (tertiary alicyclic amines) is 1. The van der Waals surface area contributed by atoms with Crippen molar-refractivity contribution in [2.45, 2.75) is 38.4 Å². The third-order valence-corrected chi connectivity index (χ3v) is 6.24. The summed E-state index contributed by atoms with van der Waals surface area (Å²) < 4.78 is 10.9. The van der Waals surface area contributed by atoms with E-state index in [1.807, 2.05) is 69.3 Å². The summed E-state index contributed by atoms with van der Waals surface area (Å²) >= 11 is 0. The zero-order valence-corrected chi connectivity index (χ0v) is 18.3. The molecule has 2 aromatic carbocycles. The zero-order valence-electron chi connectivity index (χ0n) is 18.3. The van der Waals surface area contributed by atoms with Crippen LogP contribution in [-0.4, -0.2) is 42.3 Å². The Bertz CT molecular complexity index is 912. The first kappa shape index (κ1) is 21.2. The fraction of sp³-hybridized carbons (Fsp3) is 0.440. The summed E-state index contributed by atoms with van der Waals surface area (Å²) in [7, 11) is 0. The Morgan fingerprint density at radius 1 is 1.00 bits per heavy atom. The molecule has 3 atom stereocenters. The van der Waals surface area contributed by atoms with Crippen LogP contribution in [0.3, 0.4) is 0 Å². The number of alkyl carbamates (subject to hydrolysis) is 1. The van der Waals surface area contributed by atoms with Gasteiger partial charge in [-0.05, 0) is 43.7 Å². The molecule has 0 spiro atoms. The number of ether oxygens (including phenoxy) is 2. The number of amides is 2. The summed E-state index contributed by atoms with van der Waals surface area (Å²) in [6.45, 7) is 7.62. The summed E-state index contributed by atoms with van der Waals surface area (Å²) in [5.41, 5.74) is 1.46. The van der Waals surface area contributed by atoms with Crippen LogP contribution < -0.4 is 5.32 Å². The van der Waals surface area contributed by atoms with Crippen molar-refractivity contribution in [3.63, 3.8) is 0 Å². The van der Waals surface area contributed by atoms with Gasteiger partial charge in [0.2, 0.25) is 0 Å². The Kier molecular flexibility index (Phi) is 5.65. The topological polar surface area (TPSA) is 67.9 Å². The molecule has 6 heteroatoms. The third-order valence-electron chi connectivity index (χ3n) is 6.24. The molecule has 0 unspecified atom stereocenters. The fourth-order valence-electron chi connectivity index (χ4n) is 4.74. The number of hydrogen-bond donors (Lipinski definition) is 1. The van der Waals surface area contributed by atoms with E-state index in [1.165, 1.54) is 5.56 Å². The lowest BCUT2D eigenvalue weighted by molar-refractivity contribution is 0.0260. The summed E-state index contributed by atoms with van der Waals surface area (Å²) in [5.74, 6) is 0.577. The molecule has 1 saturated heterocycles. The second-order valence-electron chi connectivity index (χ2n) is 9.42. The van der Waals surface area contributed by atoms with Gasteiger partial charge in [0.15, 0.2) is 0 Å². The smallest absolute Gasteiger partial charge is 0.410 e. The minimum atomic E-state index is -0.509. The molecular formula is C25H30N2O4. The SMILES string of the molecule is CC(C)(C)OC(=O)N1C[C@@H]2[C@H](C1)[C@]2(CNC(=O)OCc1ccccc1)c1ccccc1. The Labute approximate surface area is 183 Å². The van der Waals surface area contributed by atoms with Crippen molar-refractivity contribution < 1.29 is 19.1 Å². The Hall–Kier alpha value is -3.02. The predicted octanol–water partition coefficient (Wildman–Crippen LogP) is 4.35. The molecule has 6 nitrogen and oxygen atoms in total. The molecule has 31 heavy (non-hydrogen) atoms.